The lowest BCUT2D eigenvalue weighted by Gasteiger charge is -2.23. The molecule has 3 rings (SSSR count). The van der Waals surface area contributed by atoms with Crippen LogP contribution in [0.5, 0.6) is 0 Å². The molecule has 7 nitrogen and oxygen atoms in total. The van der Waals surface area contributed by atoms with Gasteiger partial charge in [-0.3, -0.25) is 19.8 Å². The van der Waals surface area contributed by atoms with Gasteiger partial charge >= 0.3 is 5.97 Å². The zero-order valence-electron chi connectivity index (χ0n) is 16.9. The molecular formula is C22H23Cl2N3O4. The van der Waals surface area contributed by atoms with Crippen LogP contribution in [0.3, 0.4) is 0 Å². The molecule has 0 saturated carbocycles. The minimum atomic E-state index is -0.405. The van der Waals surface area contributed by atoms with Gasteiger partial charge in [0.1, 0.15) is 5.84 Å². The average Bonchev–Trinajstić information content (AvgIpc) is 2.70. The summed E-state index contributed by atoms with van der Waals surface area (Å²) in [6, 6.07) is 9.62. The van der Waals surface area contributed by atoms with E-state index in [0.717, 1.165) is 5.56 Å². The number of carbonyl (C=O) groups excluding carboxylic acids is 3. The molecule has 1 aliphatic carbocycles. The molecule has 0 saturated heterocycles. The second kappa shape index (κ2) is 10.4. The topological polar surface area (TPSA) is 122 Å². The maximum Gasteiger partial charge on any atom is 0.306 e. The van der Waals surface area contributed by atoms with E-state index >= 15 is 0 Å². The zero-order valence-corrected chi connectivity index (χ0v) is 18.4. The summed E-state index contributed by atoms with van der Waals surface area (Å²) in [7, 11) is 0. The van der Waals surface area contributed by atoms with Gasteiger partial charge in [-0.15, -0.1) is 12.4 Å². The fourth-order valence-electron chi connectivity index (χ4n) is 3.48. The number of ether oxygens (including phenoxy) is 1. The fraction of sp³-hybridized carbons (Fsp3) is 0.273. The Hall–Kier alpha value is -2.90. The van der Waals surface area contributed by atoms with E-state index in [1.54, 1.807) is 31.2 Å². The summed E-state index contributed by atoms with van der Waals surface area (Å²) in [4.78, 5) is 37.0. The average molecular weight is 464 g/mol. The molecule has 9 heteroatoms. The Morgan fingerprint density at radius 3 is 2.65 bits per heavy atom. The van der Waals surface area contributed by atoms with Crippen LogP contribution in [0.1, 0.15) is 51.6 Å². The highest BCUT2D eigenvalue weighted by Gasteiger charge is 2.29. The summed E-state index contributed by atoms with van der Waals surface area (Å²) in [5.74, 6) is -1.36. The standard InChI is InChI=1S/C22H22ClN3O4.ClH/c1-2-30-19(27)11-13-4-3-12-9-15(6-8-16(12)20(13)28)26-22(29)17-7-5-14(21(24)25)10-18(17)23;/h5-10,13H,2-4,11H2,1H3,(H3,24,25)(H,26,29);1H. The molecule has 164 valence electrons. The Labute approximate surface area is 191 Å². The zero-order chi connectivity index (χ0) is 21.8. The monoisotopic (exact) mass is 463 g/mol. The minimum Gasteiger partial charge on any atom is -0.466 e. The van der Waals surface area contributed by atoms with Crippen LogP contribution >= 0.6 is 24.0 Å². The Bertz CT molecular complexity index is 1040. The van der Waals surface area contributed by atoms with Crippen LogP contribution in [0.25, 0.3) is 0 Å². The number of nitrogens with two attached hydrogens (primary N) is 1. The summed E-state index contributed by atoms with van der Waals surface area (Å²) in [6.07, 6.45) is 1.27. The molecule has 1 aliphatic rings. The summed E-state index contributed by atoms with van der Waals surface area (Å²) < 4.78 is 4.95. The molecular weight excluding hydrogens is 441 g/mol. The number of rotatable bonds is 6. The molecule has 4 N–H and O–H groups in total. The molecule has 0 fully saturated rings. The van der Waals surface area contributed by atoms with E-state index in [-0.39, 0.29) is 52.9 Å². The van der Waals surface area contributed by atoms with Gasteiger partial charge in [0, 0.05) is 22.7 Å². The molecule has 31 heavy (non-hydrogen) atoms. The van der Waals surface area contributed by atoms with Crippen molar-refractivity contribution < 1.29 is 19.1 Å². The third kappa shape index (κ3) is 5.62. The van der Waals surface area contributed by atoms with Crippen molar-refractivity contribution in [2.75, 3.05) is 11.9 Å². The molecule has 1 amide bonds. The number of amidine groups is 1. The first-order valence-electron chi connectivity index (χ1n) is 9.58. The van der Waals surface area contributed by atoms with Gasteiger partial charge in [-0.1, -0.05) is 17.7 Å². The minimum absolute atomic E-state index is 0. The Kier molecular flexibility index (Phi) is 8.19. The van der Waals surface area contributed by atoms with Gasteiger partial charge in [0.05, 0.1) is 23.6 Å². The summed E-state index contributed by atoms with van der Waals surface area (Å²) in [5, 5.41) is 10.4. The SMILES string of the molecule is CCOC(=O)CC1CCc2cc(NC(=O)c3ccc(C(=N)N)cc3Cl)ccc2C1=O.Cl. The van der Waals surface area contributed by atoms with Crippen molar-refractivity contribution in [2.24, 2.45) is 11.7 Å². The molecule has 2 aromatic carbocycles. The van der Waals surface area contributed by atoms with Gasteiger partial charge in [-0.25, -0.2) is 0 Å². The number of esters is 1. The maximum absolute atomic E-state index is 12.7. The van der Waals surface area contributed by atoms with Crippen LogP contribution in [-0.2, 0) is 16.0 Å². The van der Waals surface area contributed by atoms with Crippen LogP contribution in [0.15, 0.2) is 36.4 Å². The number of amides is 1. The van der Waals surface area contributed by atoms with Gasteiger partial charge in [-0.2, -0.15) is 0 Å². The van der Waals surface area contributed by atoms with E-state index in [1.807, 2.05) is 0 Å². The van der Waals surface area contributed by atoms with Gasteiger partial charge in [0.15, 0.2) is 5.78 Å². The molecule has 0 radical (unpaired) electrons. The first-order valence-corrected chi connectivity index (χ1v) is 9.96. The normalized spacial score (nSPS) is 14.8. The maximum atomic E-state index is 12.7. The summed E-state index contributed by atoms with van der Waals surface area (Å²) >= 11 is 6.15. The lowest BCUT2D eigenvalue weighted by Crippen LogP contribution is -2.26. The van der Waals surface area contributed by atoms with Crippen molar-refractivity contribution >= 4 is 53.2 Å². The molecule has 0 spiro atoms. The van der Waals surface area contributed by atoms with E-state index in [4.69, 9.17) is 27.5 Å². The highest BCUT2D eigenvalue weighted by Crippen LogP contribution is 2.30. The van der Waals surface area contributed by atoms with E-state index in [9.17, 15) is 14.4 Å². The molecule has 0 aliphatic heterocycles. The van der Waals surface area contributed by atoms with Gasteiger partial charge in [0.2, 0.25) is 0 Å². The molecule has 0 heterocycles. The molecule has 0 bridgehead atoms. The van der Waals surface area contributed by atoms with Crippen LogP contribution in [0, 0.1) is 11.3 Å². The number of hydrogen-bond acceptors (Lipinski definition) is 5. The van der Waals surface area contributed by atoms with Gasteiger partial charge in [0.25, 0.3) is 5.91 Å². The highest BCUT2D eigenvalue weighted by atomic mass is 35.5. The van der Waals surface area contributed by atoms with E-state index in [1.165, 1.54) is 12.1 Å². The fourth-order valence-corrected chi connectivity index (χ4v) is 3.75. The van der Waals surface area contributed by atoms with Crippen molar-refractivity contribution in [3.63, 3.8) is 0 Å². The van der Waals surface area contributed by atoms with Crippen LogP contribution in [-0.4, -0.2) is 30.1 Å². The van der Waals surface area contributed by atoms with Crippen molar-refractivity contribution in [3.8, 4) is 0 Å². The number of nitrogen functional groups attached to an aromatic ring is 1. The first kappa shape index (κ1) is 24.4. The Balaban J connectivity index is 0.00000341. The Morgan fingerprint density at radius 1 is 1.26 bits per heavy atom. The Morgan fingerprint density at radius 2 is 2.00 bits per heavy atom. The quantitative estimate of drug-likeness (QED) is 0.339. The van der Waals surface area contributed by atoms with E-state index < -0.39 is 5.91 Å². The molecule has 1 unspecified atom stereocenters. The van der Waals surface area contributed by atoms with Crippen molar-refractivity contribution in [1.82, 2.24) is 0 Å². The van der Waals surface area contributed by atoms with Gasteiger partial charge < -0.3 is 15.8 Å². The lowest BCUT2D eigenvalue weighted by molar-refractivity contribution is -0.144. The highest BCUT2D eigenvalue weighted by molar-refractivity contribution is 6.34. The number of nitrogens with one attached hydrogen (secondary N) is 2. The molecule has 2 aromatic rings. The predicted octanol–water partition coefficient (Wildman–Crippen LogP) is 4.00. The number of ketones is 1. The first-order chi connectivity index (χ1) is 14.3. The second-order valence-corrected chi connectivity index (χ2v) is 7.45. The van der Waals surface area contributed by atoms with E-state index in [2.05, 4.69) is 5.32 Å². The second-order valence-electron chi connectivity index (χ2n) is 7.04. The predicted molar refractivity (Wildman–Crippen MR) is 122 cm³/mol. The third-order valence-corrected chi connectivity index (χ3v) is 5.32. The van der Waals surface area contributed by atoms with Crippen LogP contribution < -0.4 is 11.1 Å². The summed E-state index contributed by atoms with van der Waals surface area (Å²) in [6.45, 7) is 2.03. The molecule has 0 aromatic heterocycles. The largest absolute Gasteiger partial charge is 0.466 e. The van der Waals surface area contributed by atoms with Gasteiger partial charge in [-0.05, 0) is 55.7 Å². The number of benzene rings is 2. The van der Waals surface area contributed by atoms with Crippen LogP contribution in [0.2, 0.25) is 5.02 Å². The molecule has 1 atom stereocenters. The van der Waals surface area contributed by atoms with Crippen LogP contribution in [0.4, 0.5) is 5.69 Å². The number of anilines is 1. The number of fused-ring (bicyclic) bond motifs is 1. The number of halogens is 2. The smallest absolute Gasteiger partial charge is 0.306 e. The number of carbonyl (C=O) groups is 3. The van der Waals surface area contributed by atoms with Crippen molar-refractivity contribution in [1.29, 1.82) is 5.41 Å². The van der Waals surface area contributed by atoms with E-state index in [0.29, 0.717) is 36.3 Å². The number of hydrogen-bond donors (Lipinski definition) is 3. The lowest BCUT2D eigenvalue weighted by atomic mass is 9.81. The number of aryl methyl sites for hydroxylation is 1. The van der Waals surface area contributed by atoms with Crippen molar-refractivity contribution in [3.05, 3.63) is 63.7 Å². The number of Topliss-reactive ketones (excluding diaryl/α,β-unsaturated/α-hetero) is 1. The van der Waals surface area contributed by atoms with Crippen molar-refractivity contribution in [2.45, 2.75) is 26.2 Å². The summed E-state index contributed by atoms with van der Waals surface area (Å²) in [5.41, 5.74) is 8.06. The third-order valence-electron chi connectivity index (χ3n) is 5.00.